The third-order valence-electron chi connectivity index (χ3n) is 7.28. The molecule has 1 aromatic heterocycles. The maximum Gasteiger partial charge on any atom is 0.328 e. The van der Waals surface area contributed by atoms with Crippen molar-refractivity contribution in [2.45, 2.75) is 51.0 Å². The summed E-state index contributed by atoms with van der Waals surface area (Å²) in [5.41, 5.74) is 6.20. The van der Waals surface area contributed by atoms with Crippen molar-refractivity contribution in [1.82, 2.24) is 4.98 Å². The maximum absolute atomic E-state index is 12.5. The van der Waals surface area contributed by atoms with Gasteiger partial charge in [0.1, 0.15) is 5.52 Å². The van der Waals surface area contributed by atoms with Gasteiger partial charge < -0.3 is 14.4 Å². The second-order valence-electron chi connectivity index (χ2n) is 9.82. The molecule has 1 heterocycles. The van der Waals surface area contributed by atoms with Crippen LogP contribution in [0.15, 0.2) is 77.2 Å². The summed E-state index contributed by atoms with van der Waals surface area (Å²) in [6.45, 7) is 1.85. The van der Waals surface area contributed by atoms with Crippen LogP contribution < -0.4 is 4.90 Å². The van der Waals surface area contributed by atoms with Crippen LogP contribution >= 0.6 is 0 Å². The van der Waals surface area contributed by atoms with E-state index in [1.54, 1.807) is 6.08 Å². The van der Waals surface area contributed by atoms with E-state index < -0.39 is 5.97 Å². The van der Waals surface area contributed by atoms with Crippen LogP contribution in [0.1, 0.15) is 49.1 Å². The lowest BCUT2D eigenvalue weighted by atomic mass is 9.76. The van der Waals surface area contributed by atoms with Gasteiger partial charge in [-0.15, -0.1) is 0 Å². The molecular formula is C31H30N2O4. The van der Waals surface area contributed by atoms with Gasteiger partial charge in [0.2, 0.25) is 6.41 Å². The van der Waals surface area contributed by atoms with Gasteiger partial charge in [0.05, 0.1) is 5.54 Å². The zero-order valence-corrected chi connectivity index (χ0v) is 20.9. The monoisotopic (exact) mass is 494 g/mol. The lowest BCUT2D eigenvalue weighted by Gasteiger charge is -2.45. The average molecular weight is 495 g/mol. The first-order valence-corrected chi connectivity index (χ1v) is 12.7. The van der Waals surface area contributed by atoms with Crippen LogP contribution in [-0.4, -0.2) is 28.0 Å². The standard InChI is InChI=1S/C31H30N2O4/c1-22-32-28-14-13-26(19-29(28)37-22)25-11-8-24(9-12-25)20-31(16-3-2-4-17-31)33(21-34)27-7-5-6-23(18-27)10-15-30(35)36/h5-15,18-19,21H,2-4,16-17,20H2,1H3,(H,35,36)/b15-10+. The summed E-state index contributed by atoms with van der Waals surface area (Å²) in [6, 6.07) is 22.1. The molecule has 0 aliphatic heterocycles. The summed E-state index contributed by atoms with van der Waals surface area (Å²) in [4.78, 5) is 29.7. The van der Waals surface area contributed by atoms with Crippen molar-refractivity contribution in [1.29, 1.82) is 0 Å². The molecule has 0 bridgehead atoms. The molecule has 0 spiro atoms. The minimum absolute atomic E-state index is 0.326. The molecule has 1 saturated carbocycles. The van der Waals surface area contributed by atoms with E-state index in [2.05, 4.69) is 35.3 Å². The van der Waals surface area contributed by atoms with E-state index in [4.69, 9.17) is 9.52 Å². The fourth-order valence-corrected chi connectivity index (χ4v) is 5.52. The van der Waals surface area contributed by atoms with Crippen molar-refractivity contribution in [3.63, 3.8) is 0 Å². The molecule has 0 atom stereocenters. The predicted octanol–water partition coefficient (Wildman–Crippen LogP) is 6.81. The number of benzene rings is 3. The number of carboxylic acids is 1. The SMILES string of the molecule is Cc1nc2ccc(-c3ccc(CC4(N(C=O)c5cccc(/C=C/C(=O)O)c5)CCCCC4)cc3)cc2o1. The number of oxazole rings is 1. The highest BCUT2D eigenvalue weighted by Crippen LogP contribution is 2.39. The minimum Gasteiger partial charge on any atom is -0.478 e. The Morgan fingerprint density at radius 3 is 2.51 bits per heavy atom. The highest BCUT2D eigenvalue weighted by molar-refractivity contribution is 5.86. The molecule has 1 N–H and O–H groups in total. The van der Waals surface area contributed by atoms with E-state index in [0.717, 1.165) is 78.1 Å². The number of amides is 1. The lowest BCUT2D eigenvalue weighted by Crippen LogP contribution is -2.51. The van der Waals surface area contributed by atoms with Gasteiger partial charge in [0, 0.05) is 18.7 Å². The molecule has 1 amide bonds. The minimum atomic E-state index is -0.999. The summed E-state index contributed by atoms with van der Waals surface area (Å²) >= 11 is 0. The van der Waals surface area contributed by atoms with Crippen LogP contribution in [0.4, 0.5) is 5.69 Å². The fourth-order valence-electron chi connectivity index (χ4n) is 5.52. The largest absolute Gasteiger partial charge is 0.478 e. The van der Waals surface area contributed by atoms with Crippen LogP contribution in [-0.2, 0) is 16.0 Å². The van der Waals surface area contributed by atoms with Crippen molar-refractivity contribution < 1.29 is 19.1 Å². The number of aryl methyl sites for hydroxylation is 1. The van der Waals surface area contributed by atoms with Crippen molar-refractivity contribution in [2.24, 2.45) is 0 Å². The highest BCUT2D eigenvalue weighted by Gasteiger charge is 2.38. The highest BCUT2D eigenvalue weighted by atomic mass is 16.4. The van der Waals surface area contributed by atoms with Gasteiger partial charge >= 0.3 is 5.97 Å². The van der Waals surface area contributed by atoms with E-state index >= 15 is 0 Å². The predicted molar refractivity (Wildman–Crippen MR) is 145 cm³/mol. The molecule has 0 saturated heterocycles. The van der Waals surface area contributed by atoms with E-state index in [1.165, 1.54) is 12.0 Å². The number of carbonyl (C=O) groups excluding carboxylic acids is 1. The van der Waals surface area contributed by atoms with Crippen molar-refractivity contribution in [3.8, 4) is 11.1 Å². The van der Waals surface area contributed by atoms with Crippen molar-refractivity contribution >= 4 is 35.2 Å². The van der Waals surface area contributed by atoms with E-state index in [9.17, 15) is 9.59 Å². The zero-order chi connectivity index (χ0) is 25.8. The summed E-state index contributed by atoms with van der Waals surface area (Å²) in [6.07, 6.45) is 9.50. The van der Waals surface area contributed by atoms with Gasteiger partial charge in [-0.3, -0.25) is 4.79 Å². The van der Waals surface area contributed by atoms with E-state index in [1.807, 2.05) is 48.2 Å². The van der Waals surface area contributed by atoms with Gasteiger partial charge in [0.25, 0.3) is 0 Å². The summed E-state index contributed by atoms with van der Waals surface area (Å²) in [7, 11) is 0. The zero-order valence-electron chi connectivity index (χ0n) is 20.9. The lowest BCUT2D eigenvalue weighted by molar-refractivity contribution is -0.131. The smallest absolute Gasteiger partial charge is 0.328 e. The number of carbonyl (C=O) groups is 2. The van der Waals surface area contributed by atoms with Crippen LogP contribution in [0.5, 0.6) is 0 Å². The Morgan fingerprint density at radius 2 is 1.78 bits per heavy atom. The number of hydrogen-bond donors (Lipinski definition) is 1. The Labute approximate surface area is 216 Å². The molecule has 3 aromatic carbocycles. The Bertz CT molecular complexity index is 1450. The Morgan fingerprint density at radius 1 is 1.03 bits per heavy atom. The summed E-state index contributed by atoms with van der Waals surface area (Å²) < 4.78 is 5.70. The quantitative estimate of drug-likeness (QED) is 0.215. The van der Waals surface area contributed by atoms with Crippen LogP contribution in [0, 0.1) is 6.92 Å². The van der Waals surface area contributed by atoms with Crippen molar-refractivity contribution in [2.75, 3.05) is 4.90 Å². The van der Waals surface area contributed by atoms with Gasteiger partial charge in [-0.25, -0.2) is 9.78 Å². The van der Waals surface area contributed by atoms with Gasteiger partial charge in [-0.2, -0.15) is 0 Å². The number of fused-ring (bicyclic) bond motifs is 1. The Hall–Kier alpha value is -4.19. The number of carboxylic acid groups (broad SMARTS) is 1. The van der Waals surface area contributed by atoms with Crippen LogP contribution in [0.25, 0.3) is 28.3 Å². The van der Waals surface area contributed by atoms with E-state index in [-0.39, 0.29) is 5.54 Å². The molecule has 37 heavy (non-hydrogen) atoms. The molecule has 188 valence electrons. The molecule has 1 aliphatic carbocycles. The Balaban J connectivity index is 1.42. The average Bonchev–Trinajstić information content (AvgIpc) is 3.28. The van der Waals surface area contributed by atoms with E-state index in [0.29, 0.717) is 5.89 Å². The van der Waals surface area contributed by atoms with Gasteiger partial charge in [0.15, 0.2) is 11.5 Å². The third kappa shape index (κ3) is 5.33. The fraction of sp³-hybridized carbons (Fsp3) is 0.258. The third-order valence-corrected chi connectivity index (χ3v) is 7.28. The number of aliphatic carboxylic acids is 1. The van der Waals surface area contributed by atoms with Crippen molar-refractivity contribution in [3.05, 3.63) is 89.8 Å². The first kappa shape index (κ1) is 24.5. The van der Waals surface area contributed by atoms with Gasteiger partial charge in [-0.05, 0) is 71.9 Å². The molecule has 1 fully saturated rings. The molecule has 4 aromatic rings. The number of aromatic nitrogens is 1. The number of hydrogen-bond acceptors (Lipinski definition) is 4. The molecule has 0 unspecified atom stereocenters. The molecule has 5 rings (SSSR count). The van der Waals surface area contributed by atoms with Crippen LogP contribution in [0.2, 0.25) is 0 Å². The summed E-state index contributed by atoms with van der Waals surface area (Å²) in [5, 5.41) is 8.99. The molecular weight excluding hydrogens is 464 g/mol. The number of nitrogens with zero attached hydrogens (tertiary/aromatic N) is 2. The second-order valence-corrected chi connectivity index (χ2v) is 9.82. The summed E-state index contributed by atoms with van der Waals surface area (Å²) in [5.74, 6) is -0.343. The molecule has 1 aliphatic rings. The van der Waals surface area contributed by atoms with Gasteiger partial charge in [-0.1, -0.05) is 61.7 Å². The molecule has 6 nitrogen and oxygen atoms in total. The van der Waals surface area contributed by atoms with Crippen LogP contribution in [0.3, 0.4) is 0 Å². The molecule has 0 radical (unpaired) electrons. The number of rotatable bonds is 8. The first-order valence-electron chi connectivity index (χ1n) is 12.7. The normalized spacial score (nSPS) is 15.2. The number of anilines is 1. The second kappa shape index (κ2) is 10.4. The topological polar surface area (TPSA) is 83.6 Å². The Kier molecular flexibility index (Phi) is 6.91. The molecule has 6 heteroatoms. The maximum atomic E-state index is 12.5. The first-order chi connectivity index (χ1) is 18.0.